The van der Waals surface area contributed by atoms with Crippen LogP contribution in [0.3, 0.4) is 0 Å². The third-order valence-corrected chi connectivity index (χ3v) is 6.57. The van der Waals surface area contributed by atoms with E-state index in [4.69, 9.17) is 18.9 Å². The van der Waals surface area contributed by atoms with Gasteiger partial charge in [-0.2, -0.15) is 0 Å². The zero-order valence-electron chi connectivity index (χ0n) is 19.6. The Bertz CT molecular complexity index is 1160. The number of nitrogens with zero attached hydrogens (tertiary/aromatic N) is 2. The van der Waals surface area contributed by atoms with Gasteiger partial charge in [-0.25, -0.2) is 0 Å². The smallest absolute Gasteiger partial charge is 0.295 e. The second kappa shape index (κ2) is 9.97. The first-order chi connectivity index (χ1) is 17.1. The van der Waals surface area contributed by atoms with Crippen molar-refractivity contribution in [3.8, 4) is 17.2 Å². The van der Waals surface area contributed by atoms with Gasteiger partial charge in [0, 0.05) is 31.7 Å². The molecule has 3 heterocycles. The van der Waals surface area contributed by atoms with Crippen molar-refractivity contribution in [3.05, 3.63) is 59.2 Å². The first kappa shape index (κ1) is 23.2. The van der Waals surface area contributed by atoms with Crippen molar-refractivity contribution in [1.29, 1.82) is 0 Å². The minimum atomic E-state index is -0.736. The number of Topliss-reactive ketones (excluding diaryl/α,β-unsaturated/α-hetero) is 1. The molecule has 0 bridgehead atoms. The van der Waals surface area contributed by atoms with Crippen molar-refractivity contribution >= 4 is 17.4 Å². The SMILES string of the molecule is COc1cccc(C2/C(=C(\O)c3ccc4c(c3)OCO4)C(=O)C(=O)N2CCCN2CCOCC2)c1. The van der Waals surface area contributed by atoms with Crippen LogP contribution < -0.4 is 14.2 Å². The number of amides is 1. The highest BCUT2D eigenvalue weighted by molar-refractivity contribution is 6.46. The molecule has 1 atom stereocenters. The fourth-order valence-corrected chi connectivity index (χ4v) is 4.76. The van der Waals surface area contributed by atoms with Crippen LogP contribution in [-0.2, 0) is 14.3 Å². The summed E-state index contributed by atoms with van der Waals surface area (Å²) in [6.07, 6.45) is 0.692. The van der Waals surface area contributed by atoms with Gasteiger partial charge >= 0.3 is 0 Å². The molecule has 2 fully saturated rings. The quantitative estimate of drug-likeness (QED) is 0.367. The number of ether oxygens (including phenoxy) is 4. The van der Waals surface area contributed by atoms with Crippen LogP contribution in [0.4, 0.5) is 0 Å². The Labute approximate surface area is 203 Å². The van der Waals surface area contributed by atoms with Crippen LogP contribution in [-0.4, -0.2) is 79.9 Å². The van der Waals surface area contributed by atoms with Gasteiger partial charge in [0.05, 0.1) is 31.9 Å². The molecule has 0 radical (unpaired) electrons. The Hall–Kier alpha value is -3.56. The molecular formula is C26H28N2O7. The summed E-state index contributed by atoms with van der Waals surface area (Å²) in [4.78, 5) is 30.3. The van der Waals surface area contributed by atoms with E-state index in [1.54, 1.807) is 42.3 Å². The van der Waals surface area contributed by atoms with Crippen LogP contribution in [0.5, 0.6) is 17.2 Å². The second-order valence-corrected chi connectivity index (χ2v) is 8.64. The van der Waals surface area contributed by atoms with Gasteiger partial charge in [0.25, 0.3) is 11.7 Å². The van der Waals surface area contributed by atoms with E-state index in [9.17, 15) is 14.7 Å². The molecule has 9 nitrogen and oxygen atoms in total. The molecular weight excluding hydrogens is 452 g/mol. The molecule has 3 aliphatic rings. The van der Waals surface area contributed by atoms with E-state index in [2.05, 4.69) is 4.90 Å². The molecule has 1 amide bonds. The third-order valence-electron chi connectivity index (χ3n) is 6.57. The number of morpholine rings is 1. The lowest BCUT2D eigenvalue weighted by Crippen LogP contribution is -2.38. The molecule has 2 saturated heterocycles. The monoisotopic (exact) mass is 480 g/mol. The van der Waals surface area contributed by atoms with Crippen molar-refractivity contribution in [2.45, 2.75) is 12.5 Å². The van der Waals surface area contributed by atoms with Gasteiger partial charge in [-0.15, -0.1) is 0 Å². The van der Waals surface area contributed by atoms with Crippen molar-refractivity contribution < 1.29 is 33.6 Å². The highest BCUT2D eigenvalue weighted by Gasteiger charge is 2.46. The number of carbonyl (C=O) groups is 2. The molecule has 9 heteroatoms. The number of hydrogen-bond donors (Lipinski definition) is 1. The number of rotatable bonds is 7. The molecule has 3 aliphatic heterocycles. The number of aliphatic hydroxyl groups excluding tert-OH is 1. The van der Waals surface area contributed by atoms with Crippen LogP contribution in [0.25, 0.3) is 5.76 Å². The molecule has 0 spiro atoms. The summed E-state index contributed by atoms with van der Waals surface area (Å²) < 4.78 is 21.6. The zero-order valence-corrected chi connectivity index (χ0v) is 19.6. The third kappa shape index (κ3) is 4.56. The van der Waals surface area contributed by atoms with E-state index >= 15 is 0 Å². The van der Waals surface area contributed by atoms with Crippen LogP contribution in [0, 0.1) is 0 Å². The van der Waals surface area contributed by atoms with Crippen LogP contribution >= 0.6 is 0 Å². The maximum absolute atomic E-state index is 13.2. The van der Waals surface area contributed by atoms with Gasteiger partial charge < -0.3 is 29.0 Å². The largest absolute Gasteiger partial charge is 0.507 e. The van der Waals surface area contributed by atoms with E-state index in [1.165, 1.54) is 0 Å². The van der Waals surface area contributed by atoms with Gasteiger partial charge in [-0.05, 0) is 42.3 Å². The number of ketones is 1. The molecule has 0 aliphatic carbocycles. The summed E-state index contributed by atoms with van der Waals surface area (Å²) in [5.74, 6) is 0.0669. The summed E-state index contributed by atoms with van der Waals surface area (Å²) in [6.45, 7) is 4.36. The number of benzene rings is 2. The number of fused-ring (bicyclic) bond motifs is 1. The summed E-state index contributed by atoms with van der Waals surface area (Å²) in [5.41, 5.74) is 1.12. The van der Waals surface area contributed by atoms with E-state index in [0.29, 0.717) is 54.6 Å². The van der Waals surface area contributed by atoms with Gasteiger partial charge in [0.2, 0.25) is 6.79 Å². The standard InChI is InChI=1S/C26H28N2O7/c1-32-19-5-2-4-17(14-19)23-22(24(29)18-6-7-20-21(15-18)35-16-34-20)25(30)26(31)28(23)9-3-8-27-10-12-33-13-11-27/h2,4-7,14-15,23,29H,3,8-13,16H2,1H3/b24-22+. The first-order valence-corrected chi connectivity index (χ1v) is 11.7. The average Bonchev–Trinajstić information content (AvgIpc) is 3.46. The fraction of sp³-hybridized carbons (Fsp3) is 0.385. The lowest BCUT2D eigenvalue weighted by Gasteiger charge is -2.29. The van der Waals surface area contributed by atoms with Gasteiger partial charge in [0.15, 0.2) is 11.5 Å². The number of aliphatic hydroxyl groups is 1. The van der Waals surface area contributed by atoms with E-state index < -0.39 is 17.7 Å². The van der Waals surface area contributed by atoms with Crippen molar-refractivity contribution in [2.24, 2.45) is 0 Å². The van der Waals surface area contributed by atoms with Crippen LogP contribution in [0.2, 0.25) is 0 Å². The number of carbonyl (C=O) groups excluding carboxylic acids is 2. The lowest BCUT2D eigenvalue weighted by atomic mass is 9.95. The maximum Gasteiger partial charge on any atom is 0.295 e. The first-order valence-electron chi connectivity index (χ1n) is 11.7. The topological polar surface area (TPSA) is 97.8 Å². The van der Waals surface area contributed by atoms with Crippen molar-refractivity contribution in [2.75, 3.05) is 53.3 Å². The summed E-state index contributed by atoms with van der Waals surface area (Å²) >= 11 is 0. The summed E-state index contributed by atoms with van der Waals surface area (Å²) in [5, 5.41) is 11.3. The Morgan fingerprint density at radius 2 is 1.86 bits per heavy atom. The minimum Gasteiger partial charge on any atom is -0.507 e. The predicted octanol–water partition coefficient (Wildman–Crippen LogP) is 2.57. The molecule has 35 heavy (non-hydrogen) atoms. The zero-order chi connectivity index (χ0) is 24.4. The van der Waals surface area contributed by atoms with E-state index in [0.717, 1.165) is 19.6 Å². The van der Waals surface area contributed by atoms with Gasteiger partial charge in [-0.3, -0.25) is 14.5 Å². The Balaban J connectivity index is 1.49. The summed E-state index contributed by atoms with van der Waals surface area (Å²) in [7, 11) is 1.56. The molecule has 2 aromatic rings. The van der Waals surface area contributed by atoms with E-state index in [1.807, 2.05) is 12.1 Å². The van der Waals surface area contributed by atoms with Crippen molar-refractivity contribution in [3.63, 3.8) is 0 Å². The number of hydrogen-bond acceptors (Lipinski definition) is 8. The highest BCUT2D eigenvalue weighted by Crippen LogP contribution is 2.42. The molecule has 2 aromatic carbocycles. The van der Waals surface area contributed by atoms with Crippen LogP contribution in [0.15, 0.2) is 48.0 Å². The summed E-state index contributed by atoms with van der Waals surface area (Å²) in [6, 6.07) is 11.4. The Kier molecular flexibility index (Phi) is 6.61. The molecule has 0 aromatic heterocycles. The molecule has 184 valence electrons. The highest BCUT2D eigenvalue weighted by atomic mass is 16.7. The van der Waals surface area contributed by atoms with Gasteiger partial charge in [-0.1, -0.05) is 12.1 Å². The maximum atomic E-state index is 13.2. The molecule has 0 saturated carbocycles. The number of methoxy groups -OCH3 is 1. The lowest BCUT2D eigenvalue weighted by molar-refractivity contribution is -0.140. The fourth-order valence-electron chi connectivity index (χ4n) is 4.76. The van der Waals surface area contributed by atoms with Gasteiger partial charge in [0.1, 0.15) is 11.5 Å². The molecule has 1 unspecified atom stereocenters. The predicted molar refractivity (Wildman–Crippen MR) is 126 cm³/mol. The van der Waals surface area contributed by atoms with Crippen molar-refractivity contribution in [1.82, 2.24) is 9.80 Å². The van der Waals surface area contributed by atoms with Crippen LogP contribution in [0.1, 0.15) is 23.6 Å². The Morgan fingerprint density at radius 3 is 2.66 bits per heavy atom. The minimum absolute atomic E-state index is 0.0495. The normalized spacial score (nSPS) is 21.5. The second-order valence-electron chi connectivity index (χ2n) is 8.64. The average molecular weight is 481 g/mol. The number of likely N-dealkylation sites (tertiary alicyclic amines) is 1. The van der Waals surface area contributed by atoms with E-state index in [-0.39, 0.29) is 18.1 Å². The molecule has 1 N–H and O–H groups in total. The Morgan fingerprint density at radius 1 is 1.06 bits per heavy atom. The molecule has 5 rings (SSSR count).